The average Bonchev–Trinajstić information content (AvgIpc) is 2.75. The summed E-state index contributed by atoms with van der Waals surface area (Å²) in [6.07, 6.45) is 8.55. The maximum Gasteiger partial charge on any atom is 0.193 e. The van der Waals surface area contributed by atoms with Crippen LogP contribution in [0, 0.1) is 12.3 Å². The minimum Gasteiger partial charge on any atom is -0.467 e. The minimum atomic E-state index is -1.80. The number of terminal acetylenes is 1. The lowest BCUT2D eigenvalue weighted by Gasteiger charge is -2.38. The molecule has 1 atom stereocenters. The van der Waals surface area contributed by atoms with Crippen LogP contribution in [0.15, 0.2) is 22.8 Å². The van der Waals surface area contributed by atoms with Gasteiger partial charge in [-0.05, 0) is 36.7 Å². The molecule has 0 aromatic carbocycles. The third kappa shape index (κ3) is 3.76. The van der Waals surface area contributed by atoms with Gasteiger partial charge < -0.3 is 8.84 Å². The van der Waals surface area contributed by atoms with E-state index in [1.54, 1.807) is 6.26 Å². The Labute approximate surface area is 112 Å². The van der Waals surface area contributed by atoms with Crippen molar-refractivity contribution >= 4 is 8.32 Å². The fraction of sp³-hybridized carbons (Fsp3) is 0.600. The Morgan fingerprint density at radius 1 is 1.44 bits per heavy atom. The highest BCUT2D eigenvalue weighted by molar-refractivity contribution is 6.74. The van der Waals surface area contributed by atoms with Crippen molar-refractivity contribution in [3.05, 3.63) is 24.2 Å². The molecule has 0 radical (unpaired) electrons. The van der Waals surface area contributed by atoms with Gasteiger partial charge in [-0.15, -0.1) is 12.3 Å². The molecule has 0 aliphatic carbocycles. The first-order valence-corrected chi connectivity index (χ1v) is 9.33. The van der Waals surface area contributed by atoms with E-state index < -0.39 is 8.32 Å². The van der Waals surface area contributed by atoms with Gasteiger partial charge in [0.1, 0.15) is 11.9 Å². The van der Waals surface area contributed by atoms with Crippen molar-refractivity contribution < 1.29 is 8.84 Å². The van der Waals surface area contributed by atoms with Crippen molar-refractivity contribution in [2.75, 3.05) is 0 Å². The molecule has 1 aromatic rings. The second kappa shape index (κ2) is 5.77. The standard InChI is InChI=1S/C15H24O2Si/c1-7-8-10-14(13-11-9-12-16-13)17-18(5,6)15(2,3)4/h1,9,11-12,14H,8,10H2,2-6H3/t14-/m0/s1. The second-order valence-corrected chi connectivity index (χ2v) is 10.9. The highest BCUT2D eigenvalue weighted by atomic mass is 28.4. The molecule has 0 aliphatic rings. The average molecular weight is 264 g/mol. The molecule has 100 valence electrons. The highest BCUT2D eigenvalue weighted by Crippen LogP contribution is 2.40. The van der Waals surface area contributed by atoms with Crippen LogP contribution in [-0.4, -0.2) is 8.32 Å². The first-order valence-electron chi connectivity index (χ1n) is 6.42. The lowest BCUT2D eigenvalue weighted by molar-refractivity contribution is 0.149. The van der Waals surface area contributed by atoms with Crippen molar-refractivity contribution in [1.29, 1.82) is 0 Å². The maximum absolute atomic E-state index is 6.40. The minimum absolute atomic E-state index is 0.0167. The molecular weight excluding hydrogens is 240 g/mol. The second-order valence-electron chi connectivity index (χ2n) is 6.13. The number of hydrogen-bond acceptors (Lipinski definition) is 2. The van der Waals surface area contributed by atoms with Crippen LogP contribution in [0.25, 0.3) is 0 Å². The van der Waals surface area contributed by atoms with Gasteiger partial charge in [0.2, 0.25) is 0 Å². The summed E-state index contributed by atoms with van der Waals surface area (Å²) in [5.74, 6) is 3.56. The van der Waals surface area contributed by atoms with Gasteiger partial charge in [0.25, 0.3) is 0 Å². The Morgan fingerprint density at radius 2 is 2.11 bits per heavy atom. The van der Waals surface area contributed by atoms with Gasteiger partial charge >= 0.3 is 0 Å². The first kappa shape index (κ1) is 15.1. The van der Waals surface area contributed by atoms with E-state index in [1.807, 2.05) is 12.1 Å². The summed E-state index contributed by atoms with van der Waals surface area (Å²) in [4.78, 5) is 0. The summed E-state index contributed by atoms with van der Waals surface area (Å²) in [6.45, 7) is 11.2. The Bertz CT molecular complexity index is 393. The SMILES string of the molecule is C#CCC[C@H](O[Si](C)(C)C(C)(C)C)c1ccco1. The summed E-state index contributed by atoms with van der Waals surface area (Å²) >= 11 is 0. The smallest absolute Gasteiger partial charge is 0.193 e. The number of furan rings is 1. The molecule has 0 bridgehead atoms. The van der Waals surface area contributed by atoms with E-state index in [0.717, 1.165) is 12.2 Å². The molecule has 1 rings (SSSR count). The van der Waals surface area contributed by atoms with E-state index >= 15 is 0 Å². The molecule has 0 unspecified atom stereocenters. The van der Waals surface area contributed by atoms with Crippen molar-refractivity contribution in [2.45, 2.75) is 57.8 Å². The van der Waals surface area contributed by atoms with Gasteiger partial charge in [-0.25, -0.2) is 0 Å². The largest absolute Gasteiger partial charge is 0.467 e. The summed E-state index contributed by atoms with van der Waals surface area (Å²) in [7, 11) is -1.80. The maximum atomic E-state index is 6.40. The molecule has 2 nitrogen and oxygen atoms in total. The molecule has 3 heteroatoms. The Morgan fingerprint density at radius 3 is 2.56 bits per heavy atom. The summed E-state index contributed by atoms with van der Waals surface area (Å²) in [5, 5.41) is 0.188. The Kier molecular flexibility index (Phi) is 4.83. The van der Waals surface area contributed by atoms with Crippen molar-refractivity contribution in [2.24, 2.45) is 0 Å². The molecule has 1 heterocycles. The molecule has 0 amide bonds. The van der Waals surface area contributed by atoms with Crippen LogP contribution in [0.4, 0.5) is 0 Å². The normalized spacial score (nSPS) is 14.2. The van der Waals surface area contributed by atoms with E-state index in [1.165, 1.54) is 0 Å². The Balaban J connectivity index is 2.83. The fourth-order valence-electron chi connectivity index (χ4n) is 1.48. The van der Waals surface area contributed by atoms with Crippen LogP contribution in [0.1, 0.15) is 45.5 Å². The Hall–Kier alpha value is -0.983. The summed E-state index contributed by atoms with van der Waals surface area (Å²) in [5.41, 5.74) is 0. The first-order chi connectivity index (χ1) is 8.28. The summed E-state index contributed by atoms with van der Waals surface area (Å²) in [6, 6.07) is 3.86. The van der Waals surface area contributed by atoms with Gasteiger partial charge in [0.15, 0.2) is 8.32 Å². The van der Waals surface area contributed by atoms with Crippen LogP contribution >= 0.6 is 0 Å². The molecule has 0 N–H and O–H groups in total. The van der Waals surface area contributed by atoms with Crippen molar-refractivity contribution in [3.8, 4) is 12.3 Å². The monoisotopic (exact) mass is 264 g/mol. The molecular formula is C15H24O2Si. The van der Waals surface area contributed by atoms with Gasteiger partial charge in [0.05, 0.1) is 6.26 Å². The van der Waals surface area contributed by atoms with Crippen LogP contribution in [0.2, 0.25) is 18.1 Å². The van der Waals surface area contributed by atoms with Crippen molar-refractivity contribution in [3.63, 3.8) is 0 Å². The predicted octanol–water partition coefficient (Wildman–Crippen LogP) is 4.76. The lowest BCUT2D eigenvalue weighted by Crippen LogP contribution is -2.41. The van der Waals surface area contributed by atoms with Crippen LogP contribution in [0.5, 0.6) is 0 Å². The quantitative estimate of drug-likeness (QED) is 0.565. The zero-order chi connectivity index (χ0) is 13.8. The molecule has 0 saturated heterocycles. The van der Waals surface area contributed by atoms with E-state index in [0.29, 0.717) is 6.42 Å². The lowest BCUT2D eigenvalue weighted by atomic mass is 10.1. The molecule has 0 spiro atoms. The van der Waals surface area contributed by atoms with Crippen LogP contribution in [-0.2, 0) is 4.43 Å². The van der Waals surface area contributed by atoms with E-state index in [2.05, 4.69) is 39.8 Å². The molecule has 0 fully saturated rings. The number of rotatable bonds is 5. The fourth-order valence-corrected chi connectivity index (χ4v) is 2.78. The highest BCUT2D eigenvalue weighted by Gasteiger charge is 2.39. The third-order valence-corrected chi connectivity index (χ3v) is 8.14. The topological polar surface area (TPSA) is 22.4 Å². The summed E-state index contributed by atoms with van der Waals surface area (Å²) < 4.78 is 11.9. The van der Waals surface area contributed by atoms with Crippen LogP contribution in [0.3, 0.4) is 0 Å². The third-order valence-electron chi connectivity index (χ3n) is 3.65. The predicted molar refractivity (Wildman–Crippen MR) is 77.8 cm³/mol. The van der Waals surface area contributed by atoms with Gasteiger partial charge in [-0.2, -0.15) is 0 Å². The zero-order valence-electron chi connectivity index (χ0n) is 12.1. The zero-order valence-corrected chi connectivity index (χ0v) is 13.1. The van der Waals surface area contributed by atoms with E-state index in [4.69, 9.17) is 15.3 Å². The molecule has 18 heavy (non-hydrogen) atoms. The number of hydrogen-bond donors (Lipinski definition) is 0. The van der Waals surface area contributed by atoms with Crippen LogP contribution < -0.4 is 0 Å². The van der Waals surface area contributed by atoms with Gasteiger partial charge in [-0.3, -0.25) is 0 Å². The van der Waals surface area contributed by atoms with E-state index in [-0.39, 0.29) is 11.1 Å². The molecule has 0 saturated carbocycles. The van der Waals surface area contributed by atoms with Gasteiger partial charge in [0, 0.05) is 6.42 Å². The van der Waals surface area contributed by atoms with Gasteiger partial charge in [-0.1, -0.05) is 20.8 Å². The molecule has 1 aromatic heterocycles. The molecule has 0 aliphatic heterocycles. The van der Waals surface area contributed by atoms with Crippen molar-refractivity contribution in [1.82, 2.24) is 0 Å². The van der Waals surface area contributed by atoms with E-state index in [9.17, 15) is 0 Å².